The second kappa shape index (κ2) is 6.38. The summed E-state index contributed by atoms with van der Waals surface area (Å²) in [5.74, 6) is 1.75. The quantitative estimate of drug-likeness (QED) is 0.703. The number of rotatable bonds is 4. The molecule has 2 unspecified atom stereocenters. The van der Waals surface area contributed by atoms with Crippen LogP contribution < -0.4 is 5.32 Å². The molecule has 0 spiro atoms. The molecule has 4 aliphatic rings. The van der Waals surface area contributed by atoms with E-state index in [1.807, 2.05) is 47.1 Å². The Balaban J connectivity index is 1.33. The van der Waals surface area contributed by atoms with Gasteiger partial charge in [-0.2, -0.15) is 0 Å². The van der Waals surface area contributed by atoms with Crippen LogP contribution in [0.5, 0.6) is 0 Å². The number of imidazole rings is 1. The van der Waals surface area contributed by atoms with Gasteiger partial charge in [0.1, 0.15) is 5.82 Å². The Hall–Kier alpha value is -2.73. The Kier molecular flexibility index (Phi) is 3.84. The van der Waals surface area contributed by atoms with Gasteiger partial charge < -0.3 is 14.8 Å². The van der Waals surface area contributed by atoms with E-state index >= 15 is 0 Å². The Morgan fingerprint density at radius 2 is 2.00 bits per heavy atom. The highest BCUT2D eigenvalue weighted by Crippen LogP contribution is 2.57. The van der Waals surface area contributed by atoms with Gasteiger partial charge in [0.15, 0.2) is 5.69 Å². The minimum atomic E-state index is -0.598. The number of hydrogen-bond acceptors (Lipinski definition) is 4. The van der Waals surface area contributed by atoms with Gasteiger partial charge in [-0.15, -0.1) is 0 Å². The van der Waals surface area contributed by atoms with Crippen molar-refractivity contribution in [2.24, 2.45) is 11.8 Å². The van der Waals surface area contributed by atoms with E-state index in [9.17, 15) is 9.90 Å². The zero-order valence-electron chi connectivity index (χ0n) is 16.9. The first kappa shape index (κ1) is 18.1. The highest BCUT2D eigenvalue weighted by Gasteiger charge is 2.57. The van der Waals surface area contributed by atoms with Crippen molar-refractivity contribution in [3.63, 3.8) is 0 Å². The molecule has 0 radical (unpaired) electrons. The average molecular weight is 402 g/mol. The van der Waals surface area contributed by atoms with E-state index in [1.54, 1.807) is 6.20 Å². The predicted octanol–water partition coefficient (Wildman–Crippen LogP) is 3.13. The second-order valence-electron chi connectivity index (χ2n) is 9.79. The SMILES string of the molecule is O=C(NC12CC3CC(CC(O)(C3)C1)C2)c1nc(Cc2cccnc2)n2ccccc12. The third kappa shape index (κ3) is 2.93. The molecule has 7 rings (SSSR count). The van der Waals surface area contributed by atoms with Crippen molar-refractivity contribution in [1.82, 2.24) is 19.7 Å². The molecule has 30 heavy (non-hydrogen) atoms. The lowest BCUT2D eigenvalue weighted by Crippen LogP contribution is -2.65. The first-order valence-corrected chi connectivity index (χ1v) is 10.9. The summed E-state index contributed by atoms with van der Waals surface area (Å²) in [6.45, 7) is 0. The molecule has 6 heteroatoms. The fourth-order valence-corrected chi connectivity index (χ4v) is 6.74. The number of aromatic nitrogens is 3. The lowest BCUT2D eigenvalue weighted by Gasteiger charge is -2.60. The minimum Gasteiger partial charge on any atom is -0.390 e. The van der Waals surface area contributed by atoms with Crippen LogP contribution in [0.2, 0.25) is 0 Å². The Labute approximate surface area is 175 Å². The van der Waals surface area contributed by atoms with Gasteiger partial charge >= 0.3 is 0 Å². The summed E-state index contributed by atoms with van der Waals surface area (Å²) in [6.07, 6.45) is 11.8. The number of nitrogens with one attached hydrogen (secondary N) is 1. The number of aliphatic hydroxyl groups is 1. The molecule has 0 saturated heterocycles. The third-order valence-corrected chi connectivity index (χ3v) is 7.33. The fourth-order valence-electron chi connectivity index (χ4n) is 6.74. The lowest BCUT2D eigenvalue weighted by atomic mass is 9.51. The molecule has 154 valence electrons. The fraction of sp³-hybridized carbons (Fsp3) is 0.458. The molecule has 3 heterocycles. The first-order chi connectivity index (χ1) is 14.5. The van der Waals surface area contributed by atoms with Gasteiger partial charge in [0.05, 0.1) is 11.1 Å². The summed E-state index contributed by atoms with van der Waals surface area (Å²) in [6, 6.07) is 9.78. The third-order valence-electron chi connectivity index (χ3n) is 7.33. The molecule has 0 aromatic carbocycles. The van der Waals surface area contributed by atoms with Crippen LogP contribution >= 0.6 is 0 Å². The van der Waals surface area contributed by atoms with Crippen molar-refractivity contribution in [1.29, 1.82) is 0 Å². The Bertz CT molecular complexity index is 1110. The Morgan fingerprint density at radius 1 is 1.17 bits per heavy atom. The molecule has 4 aliphatic carbocycles. The number of pyridine rings is 2. The highest BCUT2D eigenvalue weighted by atomic mass is 16.3. The van der Waals surface area contributed by atoms with Crippen molar-refractivity contribution in [2.75, 3.05) is 0 Å². The Morgan fingerprint density at radius 3 is 2.73 bits per heavy atom. The average Bonchev–Trinajstić information content (AvgIpc) is 3.05. The summed E-state index contributed by atoms with van der Waals surface area (Å²) in [4.78, 5) is 22.4. The highest BCUT2D eigenvalue weighted by molar-refractivity contribution is 5.99. The monoisotopic (exact) mass is 402 g/mol. The van der Waals surface area contributed by atoms with Crippen LogP contribution in [0.25, 0.3) is 5.52 Å². The van der Waals surface area contributed by atoms with Gasteiger partial charge in [0, 0.05) is 30.6 Å². The number of fused-ring (bicyclic) bond motifs is 1. The van der Waals surface area contributed by atoms with Crippen molar-refractivity contribution in [3.05, 3.63) is 66.0 Å². The van der Waals surface area contributed by atoms with E-state index in [0.29, 0.717) is 30.4 Å². The summed E-state index contributed by atoms with van der Waals surface area (Å²) in [7, 11) is 0. The van der Waals surface area contributed by atoms with Crippen molar-refractivity contribution in [2.45, 2.75) is 56.1 Å². The van der Waals surface area contributed by atoms with Crippen molar-refractivity contribution < 1.29 is 9.90 Å². The standard InChI is InChI=1S/C24H26N4O2/c29-22(27-23-10-17-8-18(11-23)13-24(30,12-17)15-23)21-19-5-1-2-7-28(19)20(26-21)9-16-4-3-6-25-14-16/h1-7,14,17-18,30H,8-13,15H2,(H,27,29). The largest absolute Gasteiger partial charge is 0.390 e. The topological polar surface area (TPSA) is 79.5 Å². The number of hydrogen-bond donors (Lipinski definition) is 2. The molecule has 4 fully saturated rings. The number of nitrogens with zero attached hydrogens (tertiary/aromatic N) is 3. The van der Waals surface area contributed by atoms with Crippen molar-refractivity contribution >= 4 is 11.4 Å². The number of amides is 1. The zero-order valence-corrected chi connectivity index (χ0v) is 16.9. The second-order valence-corrected chi connectivity index (χ2v) is 9.79. The van der Waals surface area contributed by atoms with Crippen LogP contribution in [0.3, 0.4) is 0 Å². The maximum absolute atomic E-state index is 13.4. The number of carbonyl (C=O) groups is 1. The molecule has 3 aromatic rings. The summed E-state index contributed by atoms with van der Waals surface area (Å²) in [5.41, 5.74) is 1.46. The molecule has 0 aliphatic heterocycles. The van der Waals surface area contributed by atoms with Gasteiger partial charge in [-0.25, -0.2) is 4.98 Å². The predicted molar refractivity (Wildman–Crippen MR) is 112 cm³/mol. The van der Waals surface area contributed by atoms with E-state index in [-0.39, 0.29) is 11.4 Å². The normalized spacial score (nSPS) is 31.9. The molecule has 2 N–H and O–H groups in total. The zero-order chi connectivity index (χ0) is 20.3. The van der Waals surface area contributed by atoms with E-state index in [4.69, 9.17) is 4.98 Å². The number of carbonyl (C=O) groups excluding carboxylic acids is 1. The van der Waals surface area contributed by atoms with E-state index in [2.05, 4.69) is 10.3 Å². The molecular formula is C24H26N4O2. The van der Waals surface area contributed by atoms with Crippen LogP contribution in [0.1, 0.15) is 60.4 Å². The summed E-state index contributed by atoms with van der Waals surface area (Å²) >= 11 is 0. The van der Waals surface area contributed by atoms with Gasteiger partial charge in [0.2, 0.25) is 0 Å². The minimum absolute atomic E-state index is 0.123. The van der Waals surface area contributed by atoms with Crippen molar-refractivity contribution in [3.8, 4) is 0 Å². The molecule has 4 saturated carbocycles. The van der Waals surface area contributed by atoms with E-state index in [0.717, 1.165) is 42.6 Å². The van der Waals surface area contributed by atoms with Crippen LogP contribution in [0, 0.1) is 11.8 Å². The van der Waals surface area contributed by atoms with Crippen LogP contribution in [-0.2, 0) is 6.42 Å². The van der Waals surface area contributed by atoms with E-state index < -0.39 is 5.60 Å². The molecule has 6 nitrogen and oxygen atoms in total. The molecule has 2 atom stereocenters. The summed E-state index contributed by atoms with van der Waals surface area (Å²) < 4.78 is 2.00. The van der Waals surface area contributed by atoms with Crippen LogP contribution in [0.15, 0.2) is 48.9 Å². The lowest BCUT2D eigenvalue weighted by molar-refractivity contribution is -0.139. The molecule has 1 amide bonds. The van der Waals surface area contributed by atoms with E-state index in [1.165, 1.54) is 6.42 Å². The van der Waals surface area contributed by atoms with Gasteiger partial charge in [0.25, 0.3) is 5.91 Å². The van der Waals surface area contributed by atoms with Crippen LogP contribution in [-0.4, -0.2) is 36.5 Å². The summed E-state index contributed by atoms with van der Waals surface area (Å²) in [5, 5.41) is 14.4. The maximum Gasteiger partial charge on any atom is 0.272 e. The maximum atomic E-state index is 13.4. The molecule has 4 bridgehead atoms. The first-order valence-electron chi connectivity index (χ1n) is 10.9. The molecular weight excluding hydrogens is 376 g/mol. The van der Waals surface area contributed by atoms with Gasteiger partial charge in [-0.1, -0.05) is 12.1 Å². The van der Waals surface area contributed by atoms with Gasteiger partial charge in [-0.05, 0) is 74.1 Å². The van der Waals surface area contributed by atoms with Gasteiger partial charge in [-0.3, -0.25) is 9.78 Å². The van der Waals surface area contributed by atoms with Crippen LogP contribution in [0.4, 0.5) is 0 Å². The molecule has 3 aromatic heterocycles. The smallest absolute Gasteiger partial charge is 0.272 e.